The van der Waals surface area contributed by atoms with Crippen LogP contribution in [0.25, 0.3) is 0 Å². The first kappa shape index (κ1) is 14.6. The summed E-state index contributed by atoms with van der Waals surface area (Å²) in [4.78, 5) is 21.6. The molecule has 0 rings (SSSR count). The Kier molecular flexibility index (Phi) is 7.20. The van der Waals surface area contributed by atoms with E-state index in [0.29, 0.717) is 25.8 Å². The highest BCUT2D eigenvalue weighted by atomic mass is 16.4. The van der Waals surface area contributed by atoms with Crippen LogP contribution in [0.1, 0.15) is 32.6 Å². The van der Waals surface area contributed by atoms with Crippen LogP contribution in [0.2, 0.25) is 0 Å². The lowest BCUT2D eigenvalue weighted by atomic mass is 10.1. The number of hydrogen-bond acceptors (Lipinski definition) is 3. The van der Waals surface area contributed by atoms with Crippen LogP contribution in [0.4, 0.5) is 0 Å². The summed E-state index contributed by atoms with van der Waals surface area (Å²) in [6.45, 7) is 5.99. The van der Waals surface area contributed by atoms with Gasteiger partial charge in [0.05, 0.1) is 0 Å². The van der Waals surface area contributed by atoms with Gasteiger partial charge in [0, 0.05) is 13.0 Å². The highest BCUT2D eigenvalue weighted by Gasteiger charge is 2.10. The summed E-state index contributed by atoms with van der Waals surface area (Å²) in [5, 5.41) is 11.3. The number of rotatable bonds is 8. The second-order valence-corrected chi connectivity index (χ2v) is 3.92. The Morgan fingerprint density at radius 1 is 1.44 bits per heavy atom. The molecule has 5 nitrogen and oxygen atoms in total. The van der Waals surface area contributed by atoms with Crippen molar-refractivity contribution in [1.82, 2.24) is 5.32 Å². The van der Waals surface area contributed by atoms with Gasteiger partial charge in [-0.05, 0) is 26.2 Å². The van der Waals surface area contributed by atoms with Crippen LogP contribution >= 0.6 is 0 Å². The van der Waals surface area contributed by atoms with Gasteiger partial charge in [-0.15, -0.1) is 0 Å². The van der Waals surface area contributed by atoms with E-state index in [9.17, 15) is 9.59 Å². The Hall–Kier alpha value is -1.36. The fourth-order valence-corrected chi connectivity index (χ4v) is 1.18. The van der Waals surface area contributed by atoms with E-state index >= 15 is 0 Å². The number of nitrogens with two attached hydrogens (primary N) is 1. The van der Waals surface area contributed by atoms with Crippen LogP contribution in [0.3, 0.4) is 0 Å². The molecule has 5 heteroatoms. The quantitative estimate of drug-likeness (QED) is 0.420. The molecule has 0 saturated carbocycles. The van der Waals surface area contributed by atoms with Crippen molar-refractivity contribution in [2.75, 3.05) is 6.54 Å². The maximum absolute atomic E-state index is 11.2. The molecule has 0 saturated heterocycles. The van der Waals surface area contributed by atoms with Crippen molar-refractivity contribution in [2.24, 2.45) is 5.73 Å². The highest BCUT2D eigenvalue weighted by Crippen LogP contribution is 1.99. The van der Waals surface area contributed by atoms with Gasteiger partial charge in [0.25, 0.3) is 0 Å². The fourth-order valence-electron chi connectivity index (χ4n) is 1.18. The van der Waals surface area contributed by atoms with Gasteiger partial charge in [-0.25, -0.2) is 0 Å². The van der Waals surface area contributed by atoms with Crippen molar-refractivity contribution in [3.05, 3.63) is 12.2 Å². The molecule has 0 radical (unpaired) electrons. The molecular formula is C11H20N2O3. The maximum Gasteiger partial charge on any atom is 0.320 e. The Morgan fingerprint density at radius 3 is 2.56 bits per heavy atom. The summed E-state index contributed by atoms with van der Waals surface area (Å²) < 4.78 is 0. The molecule has 0 aliphatic heterocycles. The topological polar surface area (TPSA) is 92.4 Å². The molecule has 0 aromatic rings. The molecule has 92 valence electrons. The lowest BCUT2D eigenvalue weighted by Crippen LogP contribution is -2.30. The van der Waals surface area contributed by atoms with Gasteiger partial charge >= 0.3 is 5.97 Å². The number of carbonyl (C=O) groups is 2. The van der Waals surface area contributed by atoms with Gasteiger partial charge in [-0.3, -0.25) is 9.59 Å². The van der Waals surface area contributed by atoms with E-state index in [2.05, 4.69) is 11.9 Å². The molecule has 0 spiro atoms. The summed E-state index contributed by atoms with van der Waals surface area (Å²) in [6, 6.07) is -0.800. The number of amides is 1. The SMILES string of the molecule is C=C(C)CC(=O)NCCCCC(N)C(=O)O. The minimum Gasteiger partial charge on any atom is -0.480 e. The number of carboxylic acids is 1. The smallest absolute Gasteiger partial charge is 0.320 e. The van der Waals surface area contributed by atoms with Crippen molar-refractivity contribution < 1.29 is 14.7 Å². The van der Waals surface area contributed by atoms with Crippen molar-refractivity contribution in [3.8, 4) is 0 Å². The number of carboxylic acid groups (broad SMARTS) is 1. The number of aliphatic carboxylic acids is 1. The Bertz CT molecular complexity index is 264. The highest BCUT2D eigenvalue weighted by molar-refractivity contribution is 5.78. The lowest BCUT2D eigenvalue weighted by molar-refractivity contribution is -0.138. The van der Waals surface area contributed by atoms with Gasteiger partial charge in [0.15, 0.2) is 0 Å². The van der Waals surface area contributed by atoms with E-state index in [1.54, 1.807) is 6.92 Å². The Morgan fingerprint density at radius 2 is 2.06 bits per heavy atom. The van der Waals surface area contributed by atoms with Gasteiger partial charge in [-0.1, -0.05) is 12.2 Å². The van der Waals surface area contributed by atoms with Crippen LogP contribution in [-0.2, 0) is 9.59 Å². The third-order valence-corrected chi connectivity index (χ3v) is 2.04. The average molecular weight is 228 g/mol. The first-order chi connectivity index (χ1) is 7.43. The first-order valence-corrected chi connectivity index (χ1v) is 5.33. The Labute approximate surface area is 95.7 Å². The third kappa shape index (κ3) is 7.99. The van der Waals surface area contributed by atoms with Gasteiger partial charge < -0.3 is 16.2 Å². The number of hydrogen-bond donors (Lipinski definition) is 3. The summed E-state index contributed by atoms with van der Waals surface area (Å²) >= 11 is 0. The second-order valence-electron chi connectivity index (χ2n) is 3.92. The van der Waals surface area contributed by atoms with E-state index in [-0.39, 0.29) is 5.91 Å². The Balaban J connectivity index is 3.43. The molecule has 0 fully saturated rings. The largest absolute Gasteiger partial charge is 0.480 e. The standard InChI is InChI=1S/C11H20N2O3/c1-8(2)7-10(14)13-6-4-3-5-9(12)11(15)16/h9H,1,3-7,12H2,2H3,(H,13,14)(H,15,16). The summed E-state index contributed by atoms with van der Waals surface area (Å²) in [5.74, 6) is -1.03. The van der Waals surface area contributed by atoms with E-state index in [0.717, 1.165) is 12.0 Å². The first-order valence-electron chi connectivity index (χ1n) is 5.33. The minimum absolute atomic E-state index is 0.0463. The van der Waals surface area contributed by atoms with Crippen molar-refractivity contribution in [2.45, 2.75) is 38.6 Å². The average Bonchev–Trinajstić information content (AvgIpc) is 2.15. The van der Waals surface area contributed by atoms with E-state index in [1.165, 1.54) is 0 Å². The monoisotopic (exact) mass is 228 g/mol. The summed E-state index contributed by atoms with van der Waals surface area (Å²) in [5.41, 5.74) is 6.15. The third-order valence-electron chi connectivity index (χ3n) is 2.04. The van der Waals surface area contributed by atoms with Crippen LogP contribution in [0, 0.1) is 0 Å². The molecule has 0 aliphatic carbocycles. The molecule has 1 atom stereocenters. The molecule has 0 aromatic carbocycles. The number of carbonyl (C=O) groups excluding carboxylic acids is 1. The number of unbranched alkanes of at least 4 members (excludes halogenated alkanes) is 1. The number of nitrogens with one attached hydrogen (secondary N) is 1. The molecule has 0 aliphatic rings. The molecule has 0 heterocycles. The molecule has 1 unspecified atom stereocenters. The normalized spacial score (nSPS) is 11.9. The molecular weight excluding hydrogens is 208 g/mol. The van der Waals surface area contributed by atoms with E-state index in [1.807, 2.05) is 0 Å². The van der Waals surface area contributed by atoms with E-state index < -0.39 is 12.0 Å². The molecule has 1 amide bonds. The zero-order valence-electron chi connectivity index (χ0n) is 9.66. The van der Waals surface area contributed by atoms with Crippen LogP contribution < -0.4 is 11.1 Å². The van der Waals surface area contributed by atoms with Crippen molar-refractivity contribution in [1.29, 1.82) is 0 Å². The minimum atomic E-state index is -0.980. The maximum atomic E-state index is 11.2. The molecule has 4 N–H and O–H groups in total. The van der Waals surface area contributed by atoms with Crippen LogP contribution in [0.15, 0.2) is 12.2 Å². The lowest BCUT2D eigenvalue weighted by Gasteiger charge is -2.07. The van der Waals surface area contributed by atoms with E-state index in [4.69, 9.17) is 10.8 Å². The zero-order chi connectivity index (χ0) is 12.6. The summed E-state index contributed by atoms with van der Waals surface area (Å²) in [6.07, 6.45) is 2.21. The van der Waals surface area contributed by atoms with Gasteiger partial charge in [0.1, 0.15) is 6.04 Å². The van der Waals surface area contributed by atoms with Gasteiger partial charge in [0.2, 0.25) is 5.91 Å². The van der Waals surface area contributed by atoms with Crippen LogP contribution in [-0.4, -0.2) is 29.6 Å². The molecule has 0 bridgehead atoms. The van der Waals surface area contributed by atoms with Crippen LogP contribution in [0.5, 0.6) is 0 Å². The predicted molar refractivity (Wildman–Crippen MR) is 61.9 cm³/mol. The summed E-state index contributed by atoms with van der Waals surface area (Å²) in [7, 11) is 0. The zero-order valence-corrected chi connectivity index (χ0v) is 9.66. The fraction of sp³-hybridized carbons (Fsp3) is 0.636. The second kappa shape index (κ2) is 7.87. The molecule has 16 heavy (non-hydrogen) atoms. The molecule has 0 aromatic heterocycles. The predicted octanol–water partition coefficient (Wildman–Crippen LogP) is 0.651. The van der Waals surface area contributed by atoms with Crippen molar-refractivity contribution in [3.63, 3.8) is 0 Å². The van der Waals surface area contributed by atoms with Gasteiger partial charge in [-0.2, -0.15) is 0 Å². The van der Waals surface area contributed by atoms with Crippen molar-refractivity contribution >= 4 is 11.9 Å².